The van der Waals surface area contributed by atoms with E-state index in [2.05, 4.69) is 5.32 Å². The Labute approximate surface area is 120 Å². The molecule has 0 radical (unpaired) electrons. The van der Waals surface area contributed by atoms with E-state index in [1.54, 1.807) is 0 Å². The number of hydrogen-bond donors (Lipinski definition) is 3. The molecule has 4 nitrogen and oxygen atoms in total. The van der Waals surface area contributed by atoms with Crippen LogP contribution in [0.3, 0.4) is 0 Å². The van der Waals surface area contributed by atoms with Crippen molar-refractivity contribution in [1.82, 2.24) is 5.32 Å². The van der Waals surface area contributed by atoms with Crippen molar-refractivity contribution in [2.75, 3.05) is 19.7 Å². The van der Waals surface area contributed by atoms with E-state index in [0.29, 0.717) is 19.1 Å². The first-order valence-corrected chi connectivity index (χ1v) is 7.40. The smallest absolute Gasteiger partial charge is 0.119 e. The van der Waals surface area contributed by atoms with Gasteiger partial charge in [0.2, 0.25) is 0 Å². The third-order valence-corrected chi connectivity index (χ3v) is 3.76. The van der Waals surface area contributed by atoms with E-state index in [1.165, 1.54) is 0 Å². The van der Waals surface area contributed by atoms with Gasteiger partial charge < -0.3 is 20.3 Å². The van der Waals surface area contributed by atoms with Gasteiger partial charge in [0, 0.05) is 6.54 Å². The SMILES string of the molecule is Cc1cccc(OCC(O)CNCC2CCC(O)C2)c1. The maximum atomic E-state index is 9.87. The van der Waals surface area contributed by atoms with E-state index in [0.717, 1.165) is 37.1 Å². The zero-order valence-electron chi connectivity index (χ0n) is 12.1. The third-order valence-electron chi connectivity index (χ3n) is 3.76. The number of nitrogens with one attached hydrogen (secondary N) is 1. The molecule has 1 saturated carbocycles. The summed E-state index contributed by atoms with van der Waals surface area (Å²) in [5.74, 6) is 1.33. The maximum Gasteiger partial charge on any atom is 0.119 e. The van der Waals surface area contributed by atoms with Crippen LogP contribution in [0.2, 0.25) is 0 Å². The quantitative estimate of drug-likeness (QED) is 0.707. The lowest BCUT2D eigenvalue weighted by molar-refractivity contribution is 0.105. The van der Waals surface area contributed by atoms with Gasteiger partial charge in [-0.1, -0.05) is 12.1 Å². The number of hydrogen-bond acceptors (Lipinski definition) is 4. The van der Waals surface area contributed by atoms with Gasteiger partial charge in [-0.25, -0.2) is 0 Å². The van der Waals surface area contributed by atoms with Crippen LogP contribution in [0.5, 0.6) is 5.75 Å². The van der Waals surface area contributed by atoms with Gasteiger partial charge in [-0.05, 0) is 56.3 Å². The fourth-order valence-corrected chi connectivity index (χ4v) is 2.64. The number of aliphatic hydroxyl groups is 2. The van der Waals surface area contributed by atoms with Gasteiger partial charge in [-0.3, -0.25) is 0 Å². The van der Waals surface area contributed by atoms with Gasteiger partial charge >= 0.3 is 0 Å². The minimum Gasteiger partial charge on any atom is -0.491 e. The molecule has 0 aliphatic heterocycles. The van der Waals surface area contributed by atoms with Crippen molar-refractivity contribution in [3.63, 3.8) is 0 Å². The lowest BCUT2D eigenvalue weighted by Crippen LogP contribution is -2.34. The summed E-state index contributed by atoms with van der Waals surface area (Å²) in [7, 11) is 0. The minimum absolute atomic E-state index is 0.128. The summed E-state index contributed by atoms with van der Waals surface area (Å²) in [5.41, 5.74) is 1.15. The Morgan fingerprint density at radius 2 is 2.25 bits per heavy atom. The van der Waals surface area contributed by atoms with Crippen LogP contribution in [0.15, 0.2) is 24.3 Å². The molecule has 4 heteroatoms. The first-order chi connectivity index (χ1) is 9.63. The first-order valence-electron chi connectivity index (χ1n) is 7.40. The molecule has 0 bridgehead atoms. The third kappa shape index (κ3) is 5.12. The zero-order chi connectivity index (χ0) is 14.4. The Hall–Kier alpha value is -1.10. The van der Waals surface area contributed by atoms with Crippen LogP contribution in [0.1, 0.15) is 24.8 Å². The molecule has 2 rings (SSSR count). The van der Waals surface area contributed by atoms with Gasteiger partial charge in [0.1, 0.15) is 18.5 Å². The average molecular weight is 279 g/mol. The molecule has 1 aromatic carbocycles. The van der Waals surface area contributed by atoms with Crippen LogP contribution >= 0.6 is 0 Å². The summed E-state index contributed by atoms with van der Waals surface area (Å²) >= 11 is 0. The molecule has 0 aromatic heterocycles. The molecule has 0 heterocycles. The second kappa shape index (κ2) is 7.62. The second-order valence-electron chi connectivity index (χ2n) is 5.77. The van der Waals surface area contributed by atoms with Crippen LogP contribution in [-0.4, -0.2) is 42.1 Å². The van der Waals surface area contributed by atoms with Crippen LogP contribution in [-0.2, 0) is 0 Å². The second-order valence-corrected chi connectivity index (χ2v) is 5.77. The molecule has 3 N–H and O–H groups in total. The fourth-order valence-electron chi connectivity index (χ4n) is 2.64. The van der Waals surface area contributed by atoms with Gasteiger partial charge in [-0.15, -0.1) is 0 Å². The summed E-state index contributed by atoms with van der Waals surface area (Å²) in [6.45, 7) is 3.70. The van der Waals surface area contributed by atoms with Crippen molar-refractivity contribution in [3.05, 3.63) is 29.8 Å². The molecule has 112 valence electrons. The van der Waals surface area contributed by atoms with E-state index in [1.807, 2.05) is 31.2 Å². The monoisotopic (exact) mass is 279 g/mol. The average Bonchev–Trinajstić information content (AvgIpc) is 2.82. The Morgan fingerprint density at radius 1 is 1.40 bits per heavy atom. The van der Waals surface area contributed by atoms with Crippen molar-refractivity contribution in [2.24, 2.45) is 5.92 Å². The standard InChI is InChI=1S/C16H25NO3/c1-12-3-2-4-16(7-12)20-11-15(19)10-17-9-13-5-6-14(18)8-13/h2-4,7,13-15,17-19H,5-6,8-11H2,1H3. The van der Waals surface area contributed by atoms with Crippen LogP contribution < -0.4 is 10.1 Å². The Kier molecular flexibility index (Phi) is 5.83. The molecule has 0 spiro atoms. The molecule has 1 aromatic rings. The van der Waals surface area contributed by atoms with Gasteiger partial charge in [0.15, 0.2) is 0 Å². The molecular formula is C16H25NO3. The largest absolute Gasteiger partial charge is 0.491 e. The number of benzene rings is 1. The van der Waals surface area contributed by atoms with E-state index < -0.39 is 6.10 Å². The van der Waals surface area contributed by atoms with Gasteiger partial charge in [0.25, 0.3) is 0 Å². The van der Waals surface area contributed by atoms with Crippen LogP contribution in [0.25, 0.3) is 0 Å². The molecule has 20 heavy (non-hydrogen) atoms. The van der Waals surface area contributed by atoms with Crippen molar-refractivity contribution < 1.29 is 14.9 Å². The first kappa shape index (κ1) is 15.3. The van der Waals surface area contributed by atoms with Gasteiger partial charge in [0.05, 0.1) is 6.10 Å². The molecule has 1 aliphatic rings. The summed E-state index contributed by atoms with van der Waals surface area (Å²) in [5, 5.41) is 22.6. The number of aliphatic hydroxyl groups excluding tert-OH is 2. The number of ether oxygens (including phenoxy) is 1. The van der Waals surface area contributed by atoms with E-state index in [4.69, 9.17) is 4.74 Å². The van der Waals surface area contributed by atoms with Crippen molar-refractivity contribution in [2.45, 2.75) is 38.4 Å². The molecule has 3 unspecified atom stereocenters. The highest BCUT2D eigenvalue weighted by atomic mass is 16.5. The van der Waals surface area contributed by atoms with E-state index >= 15 is 0 Å². The maximum absolute atomic E-state index is 9.87. The van der Waals surface area contributed by atoms with Crippen LogP contribution in [0, 0.1) is 12.8 Å². The Bertz CT molecular complexity index is 410. The zero-order valence-corrected chi connectivity index (χ0v) is 12.1. The molecule has 1 aliphatic carbocycles. The summed E-state index contributed by atoms with van der Waals surface area (Å²) in [6, 6.07) is 7.81. The van der Waals surface area contributed by atoms with Gasteiger partial charge in [-0.2, -0.15) is 0 Å². The molecule has 1 fully saturated rings. The lowest BCUT2D eigenvalue weighted by Gasteiger charge is -2.15. The molecular weight excluding hydrogens is 254 g/mol. The summed E-state index contributed by atoms with van der Waals surface area (Å²) in [4.78, 5) is 0. The number of aryl methyl sites for hydroxylation is 1. The highest BCUT2D eigenvalue weighted by Gasteiger charge is 2.22. The highest BCUT2D eigenvalue weighted by molar-refractivity contribution is 5.27. The summed E-state index contributed by atoms with van der Waals surface area (Å²) in [6.07, 6.45) is 2.22. The van der Waals surface area contributed by atoms with Crippen molar-refractivity contribution in [1.29, 1.82) is 0 Å². The van der Waals surface area contributed by atoms with E-state index in [-0.39, 0.29) is 6.10 Å². The predicted octanol–water partition coefficient (Wildman–Crippen LogP) is 1.49. The van der Waals surface area contributed by atoms with E-state index in [9.17, 15) is 10.2 Å². The Balaban J connectivity index is 1.59. The normalized spacial score (nSPS) is 23.8. The molecule has 0 amide bonds. The highest BCUT2D eigenvalue weighted by Crippen LogP contribution is 2.24. The van der Waals surface area contributed by atoms with Crippen LogP contribution in [0.4, 0.5) is 0 Å². The number of rotatable bonds is 7. The van der Waals surface area contributed by atoms with Crippen molar-refractivity contribution in [3.8, 4) is 5.75 Å². The Morgan fingerprint density at radius 3 is 2.95 bits per heavy atom. The predicted molar refractivity (Wildman–Crippen MR) is 78.9 cm³/mol. The minimum atomic E-state index is -0.512. The molecule has 0 saturated heterocycles. The fraction of sp³-hybridized carbons (Fsp3) is 0.625. The lowest BCUT2D eigenvalue weighted by atomic mass is 10.1. The summed E-state index contributed by atoms with van der Waals surface area (Å²) < 4.78 is 5.56. The van der Waals surface area contributed by atoms with Crippen molar-refractivity contribution >= 4 is 0 Å². The topological polar surface area (TPSA) is 61.7 Å². The molecule has 3 atom stereocenters.